The molecular weight excluding hydrogens is 467 g/mol. The van der Waals surface area contributed by atoms with Gasteiger partial charge in [0.05, 0.1) is 27.7 Å². The minimum absolute atomic E-state index is 0.109. The fourth-order valence-corrected chi connectivity index (χ4v) is 4.40. The molecule has 1 heterocycles. The molecule has 0 saturated heterocycles. The Morgan fingerprint density at radius 2 is 1.80 bits per heavy atom. The molecule has 0 fully saturated rings. The molecule has 4 aromatic rings. The number of halogens is 2. The Hall–Kier alpha value is -3.71. The van der Waals surface area contributed by atoms with Gasteiger partial charge in [-0.3, -0.25) is 9.36 Å². The van der Waals surface area contributed by atoms with Crippen molar-refractivity contribution in [2.45, 2.75) is 33.2 Å². The molecule has 1 aromatic heterocycles. The molecule has 180 valence electrons. The summed E-state index contributed by atoms with van der Waals surface area (Å²) in [4.78, 5) is 33.2. The Labute approximate surface area is 208 Å². The number of aryl methyl sites for hydroxylation is 2. The standard InChI is InChI=1S/C27H26ClFN4O2/c1-5-23(32(4)27(35)31-24-16(2)9-8-10-17(24)3)25-30-22-12-7-6-11-19(22)26(34)33(25)18-13-14-21(29)20(28)15-18/h6-15,23H,5H2,1-4H3,(H,31,35). The fraction of sp³-hybridized carbons (Fsp3) is 0.222. The van der Waals surface area contributed by atoms with Crippen LogP contribution in [0.25, 0.3) is 16.6 Å². The van der Waals surface area contributed by atoms with Crippen molar-refractivity contribution in [3.05, 3.63) is 98.8 Å². The van der Waals surface area contributed by atoms with Crippen LogP contribution in [0, 0.1) is 19.7 Å². The van der Waals surface area contributed by atoms with Crippen LogP contribution in [0.2, 0.25) is 5.02 Å². The molecule has 35 heavy (non-hydrogen) atoms. The van der Waals surface area contributed by atoms with Gasteiger partial charge in [-0.25, -0.2) is 14.2 Å². The van der Waals surface area contributed by atoms with Crippen LogP contribution in [0.5, 0.6) is 0 Å². The molecule has 1 unspecified atom stereocenters. The minimum atomic E-state index is -0.587. The number of fused-ring (bicyclic) bond motifs is 1. The number of para-hydroxylation sites is 2. The summed E-state index contributed by atoms with van der Waals surface area (Å²) < 4.78 is 15.3. The van der Waals surface area contributed by atoms with E-state index in [4.69, 9.17) is 16.6 Å². The number of hydrogen-bond donors (Lipinski definition) is 1. The lowest BCUT2D eigenvalue weighted by Crippen LogP contribution is -2.38. The summed E-state index contributed by atoms with van der Waals surface area (Å²) >= 11 is 6.05. The third-order valence-corrected chi connectivity index (χ3v) is 6.44. The number of nitrogens with zero attached hydrogens (tertiary/aromatic N) is 3. The van der Waals surface area contributed by atoms with Crippen molar-refractivity contribution < 1.29 is 9.18 Å². The number of aromatic nitrogens is 2. The number of rotatable bonds is 5. The molecule has 0 aliphatic heterocycles. The van der Waals surface area contributed by atoms with Crippen molar-refractivity contribution in [3.63, 3.8) is 0 Å². The molecule has 0 bridgehead atoms. The first kappa shape index (κ1) is 24.4. The quantitative estimate of drug-likeness (QED) is 0.350. The zero-order chi connectivity index (χ0) is 25.3. The zero-order valence-corrected chi connectivity index (χ0v) is 20.7. The van der Waals surface area contributed by atoms with Crippen LogP contribution in [0.15, 0.2) is 65.5 Å². The lowest BCUT2D eigenvalue weighted by atomic mass is 10.1. The number of nitrogens with one attached hydrogen (secondary N) is 1. The van der Waals surface area contributed by atoms with Gasteiger partial charge in [-0.1, -0.05) is 48.9 Å². The maximum atomic E-state index is 13.9. The van der Waals surface area contributed by atoms with Crippen molar-refractivity contribution in [1.82, 2.24) is 14.5 Å². The number of benzene rings is 3. The molecule has 6 nitrogen and oxygen atoms in total. The van der Waals surface area contributed by atoms with E-state index in [0.717, 1.165) is 16.8 Å². The first-order valence-corrected chi connectivity index (χ1v) is 11.7. The van der Waals surface area contributed by atoms with E-state index in [2.05, 4.69) is 5.32 Å². The average Bonchev–Trinajstić information content (AvgIpc) is 2.84. The van der Waals surface area contributed by atoms with Gasteiger partial charge in [0.15, 0.2) is 0 Å². The van der Waals surface area contributed by atoms with Crippen LogP contribution in [-0.4, -0.2) is 27.5 Å². The summed E-state index contributed by atoms with van der Waals surface area (Å²) in [6.45, 7) is 5.78. The maximum absolute atomic E-state index is 13.9. The van der Waals surface area contributed by atoms with Crippen molar-refractivity contribution in [2.75, 3.05) is 12.4 Å². The summed E-state index contributed by atoms with van der Waals surface area (Å²) in [5.41, 5.74) is 3.20. The maximum Gasteiger partial charge on any atom is 0.322 e. The number of anilines is 1. The number of hydrogen-bond acceptors (Lipinski definition) is 3. The van der Waals surface area contributed by atoms with Crippen LogP contribution < -0.4 is 10.9 Å². The molecule has 8 heteroatoms. The highest BCUT2D eigenvalue weighted by Gasteiger charge is 2.27. The van der Waals surface area contributed by atoms with Crippen LogP contribution in [-0.2, 0) is 0 Å². The molecule has 2 amide bonds. The topological polar surface area (TPSA) is 67.2 Å². The van der Waals surface area contributed by atoms with Gasteiger partial charge in [0, 0.05) is 12.7 Å². The summed E-state index contributed by atoms with van der Waals surface area (Å²) in [5.74, 6) is -0.228. The van der Waals surface area contributed by atoms with Crippen molar-refractivity contribution in [2.24, 2.45) is 0 Å². The van der Waals surface area contributed by atoms with Crippen LogP contribution >= 0.6 is 11.6 Å². The van der Waals surface area contributed by atoms with E-state index in [1.807, 2.05) is 39.0 Å². The monoisotopic (exact) mass is 492 g/mol. The van der Waals surface area contributed by atoms with E-state index in [0.29, 0.717) is 28.8 Å². The van der Waals surface area contributed by atoms with Crippen molar-refractivity contribution in [1.29, 1.82) is 0 Å². The summed E-state index contributed by atoms with van der Waals surface area (Å²) in [6.07, 6.45) is 0.483. The Kier molecular flexibility index (Phi) is 6.89. The normalized spacial score (nSPS) is 11.9. The van der Waals surface area contributed by atoms with Gasteiger partial charge in [-0.15, -0.1) is 0 Å². The van der Waals surface area contributed by atoms with E-state index >= 15 is 0 Å². The minimum Gasteiger partial charge on any atom is -0.317 e. The van der Waals surface area contributed by atoms with Gasteiger partial charge in [-0.05, 0) is 61.7 Å². The molecule has 0 saturated carbocycles. The number of amides is 2. The summed E-state index contributed by atoms with van der Waals surface area (Å²) in [6, 6.07) is 16.0. The zero-order valence-electron chi connectivity index (χ0n) is 20.0. The smallest absolute Gasteiger partial charge is 0.317 e. The molecule has 0 spiro atoms. The second-order valence-electron chi connectivity index (χ2n) is 8.46. The highest BCUT2D eigenvalue weighted by molar-refractivity contribution is 6.30. The molecule has 0 aliphatic carbocycles. The lowest BCUT2D eigenvalue weighted by Gasteiger charge is -2.29. The van der Waals surface area contributed by atoms with Crippen LogP contribution in [0.1, 0.15) is 36.3 Å². The van der Waals surface area contributed by atoms with Gasteiger partial charge in [0.1, 0.15) is 11.6 Å². The lowest BCUT2D eigenvalue weighted by molar-refractivity contribution is 0.199. The van der Waals surface area contributed by atoms with E-state index in [9.17, 15) is 14.0 Å². The second kappa shape index (κ2) is 9.88. The Balaban J connectivity index is 1.85. The molecular formula is C27H26ClFN4O2. The molecule has 0 aliphatic rings. The van der Waals surface area contributed by atoms with Crippen molar-refractivity contribution in [3.8, 4) is 5.69 Å². The average molecular weight is 493 g/mol. The predicted octanol–water partition coefficient (Wildman–Crippen LogP) is 6.41. The first-order chi connectivity index (χ1) is 16.7. The van der Waals surface area contributed by atoms with Gasteiger partial charge >= 0.3 is 6.03 Å². The largest absolute Gasteiger partial charge is 0.322 e. The SMILES string of the molecule is CCC(c1nc2ccccc2c(=O)n1-c1ccc(F)c(Cl)c1)N(C)C(=O)Nc1c(C)cccc1C. The number of carbonyl (C=O) groups is 1. The Morgan fingerprint density at radius 3 is 2.46 bits per heavy atom. The molecule has 1 N–H and O–H groups in total. The van der Waals surface area contributed by atoms with Gasteiger partial charge < -0.3 is 10.2 Å². The van der Waals surface area contributed by atoms with Crippen molar-refractivity contribution >= 4 is 34.2 Å². The van der Waals surface area contributed by atoms with E-state index in [1.165, 1.54) is 27.7 Å². The van der Waals surface area contributed by atoms with Gasteiger partial charge in [0.25, 0.3) is 5.56 Å². The van der Waals surface area contributed by atoms with E-state index in [1.54, 1.807) is 31.3 Å². The summed E-state index contributed by atoms with van der Waals surface area (Å²) in [7, 11) is 1.67. The highest BCUT2D eigenvalue weighted by Crippen LogP contribution is 2.28. The van der Waals surface area contributed by atoms with E-state index < -0.39 is 11.9 Å². The predicted molar refractivity (Wildman–Crippen MR) is 138 cm³/mol. The molecule has 4 rings (SSSR count). The van der Waals surface area contributed by atoms with Gasteiger partial charge in [-0.2, -0.15) is 0 Å². The second-order valence-corrected chi connectivity index (χ2v) is 8.87. The van der Waals surface area contributed by atoms with Gasteiger partial charge in [0.2, 0.25) is 0 Å². The molecule has 0 radical (unpaired) electrons. The van der Waals surface area contributed by atoms with Crippen LogP contribution in [0.3, 0.4) is 0 Å². The first-order valence-electron chi connectivity index (χ1n) is 11.3. The number of carbonyl (C=O) groups excluding carboxylic acids is 1. The fourth-order valence-electron chi connectivity index (χ4n) is 4.22. The third-order valence-electron chi connectivity index (χ3n) is 6.15. The number of urea groups is 1. The molecule has 3 aromatic carbocycles. The Bertz CT molecular complexity index is 1460. The summed E-state index contributed by atoms with van der Waals surface area (Å²) in [5, 5.41) is 3.29. The third kappa shape index (κ3) is 4.64. The van der Waals surface area contributed by atoms with Crippen LogP contribution in [0.4, 0.5) is 14.9 Å². The Morgan fingerprint density at radius 1 is 1.11 bits per heavy atom. The van der Waals surface area contributed by atoms with E-state index in [-0.39, 0.29) is 16.6 Å². The molecule has 1 atom stereocenters. The highest BCUT2D eigenvalue weighted by atomic mass is 35.5.